The second kappa shape index (κ2) is 10.7. The minimum absolute atomic E-state index is 0.0690. The Labute approximate surface area is 220 Å². The maximum atomic E-state index is 13.1. The molecule has 38 heavy (non-hydrogen) atoms. The number of ether oxygens (including phenoxy) is 2. The molecule has 0 bridgehead atoms. The van der Waals surface area contributed by atoms with Crippen LogP contribution in [0.4, 0.5) is 27.1 Å². The van der Waals surface area contributed by atoms with Gasteiger partial charge in [-0.1, -0.05) is 12.1 Å². The van der Waals surface area contributed by atoms with Crippen LogP contribution in [0.1, 0.15) is 53.1 Å². The van der Waals surface area contributed by atoms with Crippen molar-refractivity contribution in [1.29, 1.82) is 0 Å². The standard InChI is InChI=1S/C24H19F5N4O3S2/c25-21(26)36-16-7-3-4-13(19(16)35-14-5-1-2-6-14)8-9-15-18(33-10-11-37-23(33)30-15)20(34)32-22-31-17(12-38-22)24(27,28)29/h3-4,7-12,14,21H,1-2,5-6H2,(H,31,32,34)/b9-8+. The van der Waals surface area contributed by atoms with Gasteiger partial charge in [0, 0.05) is 22.5 Å². The molecule has 1 fully saturated rings. The summed E-state index contributed by atoms with van der Waals surface area (Å²) in [6.45, 7) is -3.04. The van der Waals surface area contributed by atoms with Gasteiger partial charge in [-0.3, -0.25) is 14.5 Å². The van der Waals surface area contributed by atoms with Gasteiger partial charge in [0.2, 0.25) is 0 Å². The van der Waals surface area contributed by atoms with Gasteiger partial charge in [-0.2, -0.15) is 22.0 Å². The Morgan fingerprint density at radius 1 is 1.16 bits per heavy atom. The van der Waals surface area contributed by atoms with Crippen LogP contribution in [0.25, 0.3) is 17.1 Å². The van der Waals surface area contributed by atoms with E-state index >= 15 is 0 Å². The van der Waals surface area contributed by atoms with Gasteiger partial charge >= 0.3 is 12.8 Å². The highest BCUT2D eigenvalue weighted by molar-refractivity contribution is 7.15. The van der Waals surface area contributed by atoms with Crippen molar-refractivity contribution in [2.75, 3.05) is 5.32 Å². The third-order valence-corrected chi connectivity index (χ3v) is 7.27. The van der Waals surface area contributed by atoms with Gasteiger partial charge < -0.3 is 9.47 Å². The number of anilines is 1. The van der Waals surface area contributed by atoms with Crippen LogP contribution in [0.2, 0.25) is 0 Å². The summed E-state index contributed by atoms with van der Waals surface area (Å²) in [6, 6.07) is 4.59. The molecule has 0 unspecified atom stereocenters. The quantitative estimate of drug-likeness (QED) is 0.227. The number of alkyl halides is 5. The van der Waals surface area contributed by atoms with E-state index in [1.165, 1.54) is 27.9 Å². The van der Waals surface area contributed by atoms with Gasteiger partial charge in [-0.15, -0.1) is 22.7 Å². The summed E-state index contributed by atoms with van der Waals surface area (Å²) in [5, 5.41) is 4.70. The molecule has 5 rings (SSSR count). The monoisotopic (exact) mass is 570 g/mol. The summed E-state index contributed by atoms with van der Waals surface area (Å²) in [6.07, 6.45) is 3.45. The molecule has 0 saturated heterocycles. The SMILES string of the molecule is O=C(Nc1nc(C(F)(F)F)cs1)c1c(/C=C/c2cccc(OC(F)F)c2OC2CCCC2)nc2sccn12. The second-order valence-corrected chi connectivity index (χ2v) is 10.0. The van der Waals surface area contributed by atoms with Crippen molar-refractivity contribution < 1.29 is 36.2 Å². The number of thiazole rings is 2. The lowest BCUT2D eigenvalue weighted by molar-refractivity contribution is -0.140. The second-order valence-electron chi connectivity index (χ2n) is 8.30. The zero-order valence-electron chi connectivity index (χ0n) is 19.4. The van der Waals surface area contributed by atoms with Crippen LogP contribution in [0.5, 0.6) is 11.5 Å². The smallest absolute Gasteiger partial charge is 0.434 e. The van der Waals surface area contributed by atoms with Crippen molar-refractivity contribution in [2.45, 2.75) is 44.6 Å². The molecule has 4 aromatic rings. The zero-order chi connectivity index (χ0) is 26.9. The van der Waals surface area contributed by atoms with Crippen molar-refractivity contribution in [3.05, 3.63) is 57.8 Å². The van der Waals surface area contributed by atoms with Crippen LogP contribution in [0.15, 0.2) is 35.2 Å². The number of fused-ring (bicyclic) bond motifs is 1. The Morgan fingerprint density at radius 3 is 2.66 bits per heavy atom. The van der Waals surface area contributed by atoms with Gasteiger partial charge in [0.15, 0.2) is 27.3 Å². The van der Waals surface area contributed by atoms with Crippen LogP contribution in [0.3, 0.4) is 0 Å². The first-order chi connectivity index (χ1) is 18.2. The maximum absolute atomic E-state index is 13.1. The first-order valence-corrected chi connectivity index (χ1v) is 13.2. The molecule has 1 aliphatic rings. The highest BCUT2D eigenvalue weighted by atomic mass is 32.1. The predicted octanol–water partition coefficient (Wildman–Crippen LogP) is 7.22. The van der Waals surface area contributed by atoms with Gasteiger partial charge in [-0.25, -0.2) is 9.97 Å². The molecule has 0 aliphatic heterocycles. The Bertz CT molecular complexity index is 1470. The largest absolute Gasteiger partial charge is 0.486 e. The van der Waals surface area contributed by atoms with E-state index in [1.54, 1.807) is 29.8 Å². The van der Waals surface area contributed by atoms with Crippen LogP contribution < -0.4 is 14.8 Å². The topological polar surface area (TPSA) is 77.8 Å². The zero-order valence-corrected chi connectivity index (χ0v) is 21.0. The minimum Gasteiger partial charge on any atom is -0.486 e. The number of halogens is 5. The van der Waals surface area contributed by atoms with Gasteiger partial charge in [0.05, 0.1) is 11.8 Å². The summed E-state index contributed by atoms with van der Waals surface area (Å²) in [4.78, 5) is 21.5. The van der Waals surface area contributed by atoms with E-state index in [4.69, 9.17) is 4.74 Å². The molecule has 0 spiro atoms. The van der Waals surface area contributed by atoms with E-state index in [-0.39, 0.29) is 34.1 Å². The highest BCUT2D eigenvalue weighted by Gasteiger charge is 2.34. The van der Waals surface area contributed by atoms with Crippen molar-refractivity contribution in [2.24, 2.45) is 0 Å². The van der Waals surface area contributed by atoms with E-state index in [0.29, 0.717) is 21.9 Å². The Balaban J connectivity index is 1.47. The number of hydrogen-bond acceptors (Lipinski definition) is 7. The molecule has 1 amide bonds. The maximum Gasteiger partial charge on any atom is 0.434 e. The average molecular weight is 571 g/mol. The fourth-order valence-corrected chi connectivity index (χ4v) is 5.52. The van der Waals surface area contributed by atoms with Crippen molar-refractivity contribution in [3.63, 3.8) is 0 Å². The number of para-hydroxylation sites is 1. The number of imidazole rings is 1. The van der Waals surface area contributed by atoms with E-state index in [1.807, 2.05) is 0 Å². The number of carbonyl (C=O) groups is 1. The predicted molar refractivity (Wildman–Crippen MR) is 133 cm³/mol. The molecule has 7 nitrogen and oxygen atoms in total. The third-order valence-electron chi connectivity index (χ3n) is 5.75. The summed E-state index contributed by atoms with van der Waals surface area (Å²) < 4.78 is 77.1. The summed E-state index contributed by atoms with van der Waals surface area (Å²) in [5.41, 5.74) is -0.381. The lowest BCUT2D eigenvalue weighted by atomic mass is 10.1. The fourth-order valence-electron chi connectivity index (χ4n) is 4.08. The molecule has 3 heterocycles. The lowest BCUT2D eigenvalue weighted by Gasteiger charge is -2.18. The lowest BCUT2D eigenvalue weighted by Crippen LogP contribution is -2.15. The van der Waals surface area contributed by atoms with E-state index < -0.39 is 24.4 Å². The third kappa shape index (κ3) is 5.65. The van der Waals surface area contributed by atoms with Crippen LogP contribution in [0, 0.1) is 0 Å². The van der Waals surface area contributed by atoms with Crippen LogP contribution in [-0.2, 0) is 6.18 Å². The fraction of sp³-hybridized carbons (Fsp3) is 0.292. The normalized spacial score (nSPS) is 14.7. The Hall–Kier alpha value is -3.52. The number of hydrogen-bond donors (Lipinski definition) is 1. The van der Waals surface area contributed by atoms with Crippen LogP contribution in [-0.4, -0.2) is 33.0 Å². The Morgan fingerprint density at radius 2 is 1.95 bits per heavy atom. The first kappa shape index (κ1) is 26.1. The van der Waals surface area contributed by atoms with E-state index in [0.717, 1.165) is 31.1 Å². The molecule has 14 heteroatoms. The molecule has 200 valence electrons. The number of aromatic nitrogens is 3. The first-order valence-electron chi connectivity index (χ1n) is 11.4. The van der Waals surface area contributed by atoms with Gasteiger partial charge in [0.25, 0.3) is 5.91 Å². The van der Waals surface area contributed by atoms with E-state index in [2.05, 4.69) is 20.0 Å². The molecule has 0 atom stereocenters. The molecular formula is C24H19F5N4O3S2. The molecule has 0 radical (unpaired) electrons. The summed E-state index contributed by atoms with van der Waals surface area (Å²) in [5.74, 6) is -0.664. The number of benzene rings is 1. The summed E-state index contributed by atoms with van der Waals surface area (Å²) >= 11 is 1.91. The van der Waals surface area contributed by atoms with Crippen LogP contribution >= 0.6 is 22.7 Å². The minimum atomic E-state index is -4.63. The molecule has 1 aromatic carbocycles. The number of rotatable bonds is 8. The molecule has 3 aromatic heterocycles. The molecular weight excluding hydrogens is 551 g/mol. The Kier molecular flexibility index (Phi) is 7.34. The molecule has 1 aliphatic carbocycles. The van der Waals surface area contributed by atoms with Gasteiger partial charge in [-0.05, 0) is 43.9 Å². The number of carbonyl (C=O) groups excluding carboxylic acids is 1. The number of nitrogens with zero attached hydrogens (tertiary/aromatic N) is 3. The van der Waals surface area contributed by atoms with Crippen molar-refractivity contribution >= 4 is 50.8 Å². The molecule has 1 saturated carbocycles. The van der Waals surface area contributed by atoms with Gasteiger partial charge in [0.1, 0.15) is 5.69 Å². The molecule has 1 N–H and O–H groups in total. The number of nitrogens with one attached hydrogen (secondary N) is 1. The number of amides is 1. The van der Waals surface area contributed by atoms with Crippen molar-refractivity contribution in [3.8, 4) is 11.5 Å². The average Bonchev–Trinajstić information content (AvgIpc) is 3.63. The summed E-state index contributed by atoms with van der Waals surface area (Å²) in [7, 11) is 0. The van der Waals surface area contributed by atoms with E-state index in [9.17, 15) is 26.7 Å². The highest BCUT2D eigenvalue weighted by Crippen LogP contribution is 2.37. The van der Waals surface area contributed by atoms with Crippen molar-refractivity contribution in [1.82, 2.24) is 14.4 Å².